The number of fused-ring (bicyclic) bond motifs is 1. The molecule has 7 nitrogen and oxygen atoms in total. The lowest BCUT2D eigenvalue weighted by molar-refractivity contribution is -0.137. The third-order valence-corrected chi connectivity index (χ3v) is 9.54. The van der Waals surface area contributed by atoms with Crippen LogP contribution in [0.5, 0.6) is 0 Å². The molecule has 0 saturated heterocycles. The molecule has 1 amide bonds. The first-order chi connectivity index (χ1) is 20.3. The summed E-state index contributed by atoms with van der Waals surface area (Å²) in [6.45, 7) is 5.15. The fourth-order valence-corrected chi connectivity index (χ4v) is 7.12. The molecule has 1 heterocycles. The fourth-order valence-electron chi connectivity index (χ4n) is 5.34. The number of halogens is 3. The number of hydrogen-bond donors (Lipinski definition) is 1. The van der Waals surface area contributed by atoms with Gasteiger partial charge in [-0.25, -0.2) is 8.42 Å². The van der Waals surface area contributed by atoms with Crippen LogP contribution < -0.4 is 0 Å². The molecule has 1 N–H and O–H groups in total. The summed E-state index contributed by atoms with van der Waals surface area (Å²) in [7, 11) is -2.63. The first-order valence-electron chi connectivity index (χ1n) is 13.9. The Kier molecular flexibility index (Phi) is 9.99. The summed E-state index contributed by atoms with van der Waals surface area (Å²) in [4.78, 5) is 18.7. The van der Waals surface area contributed by atoms with Crippen LogP contribution in [0.4, 0.5) is 13.2 Å². The molecule has 11 heteroatoms. The predicted octanol–water partition coefficient (Wildman–Crippen LogP) is 6.02. The topological polar surface area (TPSA) is 82.7 Å². The van der Waals surface area contributed by atoms with E-state index in [1.807, 2.05) is 37.4 Å². The number of hydrogen-bond acceptors (Lipinski definition) is 4. The number of sulfonamides is 1. The zero-order valence-corrected chi connectivity index (χ0v) is 25.5. The van der Waals surface area contributed by atoms with Crippen molar-refractivity contribution in [2.75, 3.05) is 33.4 Å². The highest BCUT2D eigenvalue weighted by atomic mass is 32.2. The van der Waals surface area contributed by atoms with E-state index in [9.17, 15) is 26.4 Å². The SMILES string of the molecule is COCCN(CC(=O)N(CCc1c[nH]c2ccccc12)Cc1ccc(C(F)(F)F)cc1)S(=O)(=O)c1c(C)cc(C)cc1C. The molecule has 4 aromatic rings. The summed E-state index contributed by atoms with van der Waals surface area (Å²) >= 11 is 0. The Morgan fingerprint density at radius 2 is 1.60 bits per heavy atom. The quantitative estimate of drug-likeness (QED) is 0.211. The summed E-state index contributed by atoms with van der Waals surface area (Å²) in [5.41, 5.74) is 3.70. The molecule has 4 rings (SSSR count). The maximum absolute atomic E-state index is 13.9. The molecule has 3 aromatic carbocycles. The molecule has 0 unspecified atom stereocenters. The van der Waals surface area contributed by atoms with Crippen LogP contribution in [0.2, 0.25) is 0 Å². The second-order valence-electron chi connectivity index (χ2n) is 10.7. The third-order valence-electron chi connectivity index (χ3n) is 7.39. The number of alkyl halides is 3. The number of methoxy groups -OCH3 is 1. The van der Waals surface area contributed by atoms with Crippen molar-refractivity contribution in [3.05, 3.63) is 100 Å². The first-order valence-corrected chi connectivity index (χ1v) is 15.3. The molecule has 0 aliphatic carbocycles. The summed E-state index contributed by atoms with van der Waals surface area (Å²) in [5, 5.41) is 0.999. The van der Waals surface area contributed by atoms with Crippen molar-refractivity contribution >= 4 is 26.8 Å². The summed E-state index contributed by atoms with van der Waals surface area (Å²) in [6, 6.07) is 16.0. The number of aryl methyl sites for hydroxylation is 3. The second-order valence-corrected chi connectivity index (χ2v) is 12.6. The van der Waals surface area contributed by atoms with Crippen molar-refractivity contribution in [3.63, 3.8) is 0 Å². The number of carbonyl (C=O) groups excluding carboxylic acids is 1. The molecule has 0 radical (unpaired) electrons. The number of para-hydroxylation sites is 1. The minimum Gasteiger partial charge on any atom is -0.383 e. The van der Waals surface area contributed by atoms with Crippen molar-refractivity contribution in [2.45, 2.75) is 44.8 Å². The zero-order chi connectivity index (χ0) is 31.4. The molecule has 0 aliphatic rings. The number of amides is 1. The number of benzene rings is 3. The zero-order valence-electron chi connectivity index (χ0n) is 24.7. The van der Waals surface area contributed by atoms with Crippen LogP contribution in [0.25, 0.3) is 10.9 Å². The van der Waals surface area contributed by atoms with Crippen LogP contribution in [0.3, 0.4) is 0 Å². The average Bonchev–Trinajstić information content (AvgIpc) is 3.35. The van der Waals surface area contributed by atoms with Crippen LogP contribution in [-0.4, -0.2) is 61.9 Å². The normalized spacial score (nSPS) is 12.3. The highest BCUT2D eigenvalue weighted by molar-refractivity contribution is 7.89. The number of aromatic amines is 1. The minimum absolute atomic E-state index is 0.0140. The number of rotatable bonds is 12. The maximum atomic E-state index is 13.9. The number of H-pyrrole nitrogens is 1. The van der Waals surface area contributed by atoms with Crippen molar-refractivity contribution in [1.82, 2.24) is 14.2 Å². The van der Waals surface area contributed by atoms with Crippen molar-refractivity contribution < 1.29 is 31.1 Å². The minimum atomic E-state index is -4.48. The van der Waals surface area contributed by atoms with Gasteiger partial charge in [-0.05, 0) is 67.6 Å². The van der Waals surface area contributed by atoms with Crippen LogP contribution >= 0.6 is 0 Å². The molecule has 0 fully saturated rings. The van der Waals surface area contributed by atoms with E-state index < -0.39 is 34.2 Å². The van der Waals surface area contributed by atoms with Gasteiger partial charge in [0.05, 0.1) is 23.6 Å². The second kappa shape index (κ2) is 13.3. The Labute approximate surface area is 250 Å². The predicted molar refractivity (Wildman–Crippen MR) is 160 cm³/mol. The largest absolute Gasteiger partial charge is 0.416 e. The van der Waals surface area contributed by atoms with Gasteiger partial charge in [0, 0.05) is 43.8 Å². The number of aromatic nitrogens is 1. The van der Waals surface area contributed by atoms with Crippen LogP contribution in [0, 0.1) is 20.8 Å². The van der Waals surface area contributed by atoms with Crippen molar-refractivity contribution in [1.29, 1.82) is 0 Å². The van der Waals surface area contributed by atoms with Crippen LogP contribution in [0.1, 0.15) is 33.4 Å². The molecular weight excluding hydrogens is 579 g/mol. The van der Waals surface area contributed by atoms with Gasteiger partial charge in [-0.3, -0.25) is 4.79 Å². The number of ether oxygens (including phenoxy) is 1. The highest BCUT2D eigenvalue weighted by Crippen LogP contribution is 2.30. The molecule has 0 aliphatic heterocycles. The van der Waals surface area contributed by atoms with Gasteiger partial charge >= 0.3 is 6.18 Å². The molecule has 0 bridgehead atoms. The lowest BCUT2D eigenvalue weighted by Gasteiger charge is -2.28. The van der Waals surface area contributed by atoms with E-state index in [1.165, 1.54) is 24.1 Å². The van der Waals surface area contributed by atoms with Crippen molar-refractivity contribution in [3.8, 4) is 0 Å². The Balaban J connectivity index is 1.64. The first kappa shape index (κ1) is 32.2. The van der Waals surface area contributed by atoms with E-state index in [4.69, 9.17) is 4.74 Å². The summed E-state index contributed by atoms with van der Waals surface area (Å²) in [6.07, 6.45) is -2.16. The van der Waals surface area contributed by atoms with Gasteiger partial charge in [-0.1, -0.05) is 48.0 Å². The van der Waals surface area contributed by atoms with Gasteiger partial charge in [-0.2, -0.15) is 17.5 Å². The average molecular weight is 616 g/mol. The van der Waals surface area contributed by atoms with Gasteiger partial charge in [0.15, 0.2) is 0 Å². The lowest BCUT2D eigenvalue weighted by Crippen LogP contribution is -2.44. The Morgan fingerprint density at radius 1 is 0.953 bits per heavy atom. The van der Waals surface area contributed by atoms with Gasteiger partial charge in [0.25, 0.3) is 0 Å². The highest BCUT2D eigenvalue weighted by Gasteiger charge is 2.32. The van der Waals surface area contributed by atoms with E-state index >= 15 is 0 Å². The van der Waals surface area contributed by atoms with Gasteiger partial charge < -0.3 is 14.6 Å². The van der Waals surface area contributed by atoms with E-state index in [1.54, 1.807) is 26.0 Å². The molecule has 1 aromatic heterocycles. The number of carbonyl (C=O) groups is 1. The lowest BCUT2D eigenvalue weighted by atomic mass is 10.1. The number of nitrogens with one attached hydrogen (secondary N) is 1. The molecular formula is C32H36F3N3O4S. The van der Waals surface area contributed by atoms with Gasteiger partial charge in [0.1, 0.15) is 0 Å². The summed E-state index contributed by atoms with van der Waals surface area (Å²) < 4.78 is 73.6. The molecule has 0 saturated carbocycles. The molecule has 230 valence electrons. The smallest absolute Gasteiger partial charge is 0.383 e. The fraction of sp³-hybridized carbons (Fsp3) is 0.344. The van der Waals surface area contributed by atoms with Gasteiger partial charge in [-0.15, -0.1) is 0 Å². The Morgan fingerprint density at radius 3 is 2.23 bits per heavy atom. The van der Waals surface area contributed by atoms with E-state index in [-0.39, 0.29) is 31.1 Å². The molecule has 0 spiro atoms. The van der Waals surface area contributed by atoms with Crippen molar-refractivity contribution in [2.24, 2.45) is 0 Å². The monoisotopic (exact) mass is 615 g/mol. The van der Waals surface area contributed by atoms with E-state index in [0.29, 0.717) is 23.1 Å². The standard InChI is InChI=1S/C32H36F3N3O4S/c1-22-17-23(2)31(24(3)18-22)43(40,41)38(15-16-42-4)21-30(39)37(20-25-9-11-27(12-10-25)32(33,34)35)14-13-26-19-36-29-8-6-5-7-28(26)29/h5-12,17-19,36H,13-16,20-21H2,1-4H3. The van der Waals surface area contributed by atoms with Gasteiger partial charge in [0.2, 0.25) is 15.9 Å². The Bertz CT molecular complexity index is 1660. The molecule has 0 atom stereocenters. The summed E-state index contributed by atoms with van der Waals surface area (Å²) in [5.74, 6) is -0.471. The van der Waals surface area contributed by atoms with Crippen LogP contribution in [0.15, 0.2) is 71.8 Å². The van der Waals surface area contributed by atoms with Crippen LogP contribution in [-0.2, 0) is 38.7 Å². The van der Waals surface area contributed by atoms with E-state index in [0.717, 1.165) is 38.5 Å². The molecule has 43 heavy (non-hydrogen) atoms. The number of nitrogens with zero attached hydrogens (tertiary/aromatic N) is 2. The van der Waals surface area contributed by atoms with E-state index in [2.05, 4.69) is 4.98 Å². The third kappa shape index (κ3) is 7.65. The maximum Gasteiger partial charge on any atom is 0.416 e. The Hall–Kier alpha value is -3.67.